The molecule has 0 fully saturated rings. The van der Waals surface area contributed by atoms with Crippen LogP contribution in [-0.4, -0.2) is 9.13 Å². The highest BCUT2D eigenvalue weighted by Crippen LogP contribution is 2.53. The number of nitrogens with zero attached hydrogens (tertiary/aromatic N) is 2. The maximum absolute atomic E-state index is 2.48. The third-order valence-corrected chi connectivity index (χ3v) is 11.7. The minimum absolute atomic E-state index is 0.191. The fourth-order valence-corrected chi connectivity index (χ4v) is 9.08. The van der Waals surface area contributed by atoms with Crippen LogP contribution in [0.25, 0.3) is 88.4 Å². The second-order valence-electron chi connectivity index (χ2n) is 15.0. The fourth-order valence-electron chi connectivity index (χ4n) is 9.08. The molecule has 1 aliphatic rings. The molecule has 0 amide bonds. The highest BCUT2D eigenvalue weighted by atomic mass is 15.0. The molecule has 2 aromatic heterocycles. The quantitative estimate of drug-likeness (QED) is 0.176. The lowest BCUT2D eigenvalue weighted by atomic mass is 9.82. The Balaban J connectivity index is 1.10. The van der Waals surface area contributed by atoms with Crippen LogP contribution in [0.1, 0.15) is 25.0 Å². The summed E-state index contributed by atoms with van der Waals surface area (Å²) in [5, 5.41) is 5.13. The molecule has 0 aliphatic heterocycles. The summed E-state index contributed by atoms with van der Waals surface area (Å²) in [4.78, 5) is 0. The molecule has 0 radical (unpaired) electrons. The Morgan fingerprint density at radius 1 is 0.321 bits per heavy atom. The standard InChI is InChI=1S/C51H36N2/c1-51(2)45-31-49-43(39-17-9-11-19-47(39)52(49)37-25-21-35(22-26-37)33-13-5-3-6-14-33)29-41(45)42-30-44-40-18-10-12-20-48(40)53(50(44)32-46(42)51)38-27-23-36(24-28-38)34-15-7-4-8-16-34/h3-32H,1-2H3. The van der Waals surface area contributed by atoms with Gasteiger partial charge in [-0.15, -0.1) is 0 Å². The zero-order valence-corrected chi connectivity index (χ0v) is 29.7. The molecule has 0 saturated heterocycles. The first-order chi connectivity index (χ1) is 26.0. The molecule has 2 heteroatoms. The average Bonchev–Trinajstić information content (AvgIpc) is 3.80. The zero-order chi connectivity index (χ0) is 35.3. The van der Waals surface area contributed by atoms with E-state index in [9.17, 15) is 0 Å². The van der Waals surface area contributed by atoms with Gasteiger partial charge in [0.1, 0.15) is 0 Å². The first-order valence-electron chi connectivity index (χ1n) is 18.5. The van der Waals surface area contributed by atoms with E-state index in [2.05, 4.69) is 205 Å². The van der Waals surface area contributed by atoms with Crippen molar-refractivity contribution in [1.29, 1.82) is 0 Å². The second-order valence-corrected chi connectivity index (χ2v) is 15.0. The maximum atomic E-state index is 2.48. The SMILES string of the molecule is CC1(C)c2cc3c(cc2-c2cc4c5ccccc5n(-c5ccc(-c6ccccc6)cc5)c4cc21)c1ccccc1n3-c1ccc(-c2ccccc2)cc1. The molecule has 1 aliphatic carbocycles. The van der Waals surface area contributed by atoms with Gasteiger partial charge in [0.2, 0.25) is 0 Å². The monoisotopic (exact) mass is 676 g/mol. The van der Waals surface area contributed by atoms with Gasteiger partial charge in [-0.2, -0.15) is 0 Å². The van der Waals surface area contributed by atoms with Gasteiger partial charge >= 0.3 is 0 Å². The summed E-state index contributed by atoms with van der Waals surface area (Å²) in [6.07, 6.45) is 0. The van der Waals surface area contributed by atoms with Gasteiger partial charge in [-0.05, 0) is 105 Å². The van der Waals surface area contributed by atoms with Gasteiger partial charge in [0.15, 0.2) is 0 Å². The molecule has 0 unspecified atom stereocenters. The number of rotatable bonds is 4. The van der Waals surface area contributed by atoms with Crippen molar-refractivity contribution in [2.24, 2.45) is 0 Å². The molecular weight excluding hydrogens is 641 g/mol. The maximum Gasteiger partial charge on any atom is 0.0544 e. The summed E-state index contributed by atoms with van der Waals surface area (Å²) >= 11 is 0. The van der Waals surface area contributed by atoms with E-state index >= 15 is 0 Å². The third-order valence-electron chi connectivity index (χ3n) is 11.7. The molecular formula is C51H36N2. The van der Waals surface area contributed by atoms with E-state index in [0.29, 0.717) is 0 Å². The van der Waals surface area contributed by atoms with Crippen LogP contribution in [0.2, 0.25) is 0 Å². The normalized spacial score (nSPS) is 13.2. The number of fused-ring (bicyclic) bond motifs is 9. The lowest BCUT2D eigenvalue weighted by Gasteiger charge is -2.22. The molecule has 0 spiro atoms. The molecule has 11 rings (SSSR count). The van der Waals surface area contributed by atoms with Crippen LogP contribution in [0.3, 0.4) is 0 Å². The highest BCUT2D eigenvalue weighted by molar-refractivity contribution is 6.14. The largest absolute Gasteiger partial charge is 0.309 e. The van der Waals surface area contributed by atoms with Crippen molar-refractivity contribution >= 4 is 43.6 Å². The van der Waals surface area contributed by atoms with Crippen LogP contribution in [0.4, 0.5) is 0 Å². The van der Waals surface area contributed by atoms with Crippen molar-refractivity contribution in [2.45, 2.75) is 19.3 Å². The smallest absolute Gasteiger partial charge is 0.0544 e. The number of benzene rings is 8. The number of para-hydroxylation sites is 2. The van der Waals surface area contributed by atoms with Crippen molar-refractivity contribution in [1.82, 2.24) is 9.13 Å². The van der Waals surface area contributed by atoms with E-state index in [1.54, 1.807) is 0 Å². The predicted octanol–water partition coefficient (Wildman–Crippen LogP) is 13.5. The van der Waals surface area contributed by atoms with Crippen LogP contribution >= 0.6 is 0 Å². The summed E-state index contributed by atoms with van der Waals surface area (Å²) < 4.78 is 4.91. The van der Waals surface area contributed by atoms with Crippen molar-refractivity contribution in [3.8, 4) is 44.8 Å². The minimum atomic E-state index is -0.191. The molecule has 10 aromatic rings. The number of hydrogen-bond acceptors (Lipinski definition) is 0. The Labute approximate surface area is 308 Å². The van der Waals surface area contributed by atoms with Crippen molar-refractivity contribution in [3.63, 3.8) is 0 Å². The first-order valence-corrected chi connectivity index (χ1v) is 18.5. The van der Waals surface area contributed by atoms with Gasteiger partial charge in [0.25, 0.3) is 0 Å². The van der Waals surface area contributed by atoms with E-state index in [1.807, 2.05) is 0 Å². The lowest BCUT2D eigenvalue weighted by molar-refractivity contribution is 0.661. The van der Waals surface area contributed by atoms with Crippen LogP contribution in [0, 0.1) is 0 Å². The van der Waals surface area contributed by atoms with Crippen LogP contribution in [0.5, 0.6) is 0 Å². The van der Waals surface area contributed by atoms with Gasteiger partial charge < -0.3 is 9.13 Å². The third kappa shape index (κ3) is 4.39. The zero-order valence-electron chi connectivity index (χ0n) is 29.7. The predicted molar refractivity (Wildman–Crippen MR) is 224 cm³/mol. The second kappa shape index (κ2) is 11.2. The highest BCUT2D eigenvalue weighted by Gasteiger charge is 2.37. The Hall–Kier alpha value is -6.64. The Morgan fingerprint density at radius 3 is 1.09 bits per heavy atom. The molecule has 0 N–H and O–H groups in total. The van der Waals surface area contributed by atoms with E-state index in [0.717, 1.165) is 0 Å². The molecule has 53 heavy (non-hydrogen) atoms. The van der Waals surface area contributed by atoms with Gasteiger partial charge in [0.05, 0.1) is 22.1 Å². The molecule has 250 valence electrons. The van der Waals surface area contributed by atoms with Gasteiger partial charge in [-0.1, -0.05) is 135 Å². The summed E-state index contributed by atoms with van der Waals surface area (Å²) in [6, 6.07) is 67.0. The van der Waals surface area contributed by atoms with Crippen LogP contribution in [0.15, 0.2) is 182 Å². The Bertz CT molecular complexity index is 2820. The molecule has 8 aromatic carbocycles. The van der Waals surface area contributed by atoms with E-state index in [4.69, 9.17) is 0 Å². The van der Waals surface area contributed by atoms with Gasteiger partial charge in [-0.25, -0.2) is 0 Å². The summed E-state index contributed by atoms with van der Waals surface area (Å²) in [6.45, 7) is 4.80. The van der Waals surface area contributed by atoms with Gasteiger partial charge in [0, 0.05) is 38.3 Å². The number of hydrogen-bond donors (Lipinski definition) is 0. The Morgan fingerprint density at radius 2 is 0.679 bits per heavy atom. The van der Waals surface area contributed by atoms with Crippen LogP contribution < -0.4 is 0 Å². The lowest BCUT2D eigenvalue weighted by Crippen LogP contribution is -2.15. The van der Waals surface area contributed by atoms with E-state index < -0.39 is 0 Å². The first kappa shape index (κ1) is 30.0. The summed E-state index contributed by atoms with van der Waals surface area (Å²) in [5.74, 6) is 0. The van der Waals surface area contributed by atoms with E-state index in [1.165, 1.54) is 99.5 Å². The molecule has 0 atom stereocenters. The minimum Gasteiger partial charge on any atom is -0.309 e. The van der Waals surface area contributed by atoms with Crippen molar-refractivity contribution in [2.75, 3.05) is 0 Å². The topological polar surface area (TPSA) is 9.86 Å². The molecule has 2 nitrogen and oxygen atoms in total. The van der Waals surface area contributed by atoms with Crippen molar-refractivity contribution in [3.05, 3.63) is 193 Å². The van der Waals surface area contributed by atoms with E-state index in [-0.39, 0.29) is 5.41 Å². The van der Waals surface area contributed by atoms with Gasteiger partial charge in [-0.3, -0.25) is 0 Å². The fraction of sp³-hybridized carbons (Fsp3) is 0.0588. The molecule has 0 bridgehead atoms. The van der Waals surface area contributed by atoms with Crippen molar-refractivity contribution < 1.29 is 0 Å². The molecule has 0 saturated carbocycles. The van der Waals surface area contributed by atoms with Crippen LogP contribution in [-0.2, 0) is 5.41 Å². The summed E-state index contributed by atoms with van der Waals surface area (Å²) in [7, 11) is 0. The number of aromatic nitrogens is 2. The molecule has 2 heterocycles. The Kier molecular flexibility index (Phi) is 6.33. The summed E-state index contributed by atoms with van der Waals surface area (Å²) in [5.41, 5.74) is 17.5. The average molecular weight is 677 g/mol.